The van der Waals surface area contributed by atoms with Crippen molar-refractivity contribution in [1.82, 2.24) is 0 Å². The third-order valence-electron chi connectivity index (χ3n) is 0. The van der Waals surface area contributed by atoms with E-state index in [4.69, 9.17) is 25.0 Å². The van der Waals surface area contributed by atoms with E-state index in [1.165, 1.54) is 0 Å². The van der Waals surface area contributed by atoms with Crippen molar-refractivity contribution < 1.29 is 48.2 Å². The van der Waals surface area contributed by atoms with E-state index >= 15 is 0 Å². The smallest absolute Gasteiger partial charge is 0.832 e. The molecule has 0 saturated heterocycles. The van der Waals surface area contributed by atoms with Crippen LogP contribution in [0.2, 0.25) is 0 Å². The van der Waals surface area contributed by atoms with Crippen LogP contribution in [0.4, 0.5) is 9.18 Å². The third-order valence-corrected chi connectivity index (χ3v) is 0. The Bertz CT molecular complexity index is 61.2. The molecule has 48 valence electrons. The predicted octanol–water partition coefficient (Wildman–Crippen LogP) is -5.05. The number of carboxylic acid groups (broad SMARTS) is 1. The summed E-state index contributed by atoms with van der Waals surface area (Å²) in [6, 6.07) is 0. The quantitative estimate of drug-likeness (QED) is 0.226. The minimum Gasteiger partial charge on any atom is -0.832 e. The van der Waals surface area contributed by atoms with Crippen LogP contribution in [-0.4, -0.2) is 28.7 Å². The Labute approximate surface area is 62.5 Å². The molecule has 0 saturated carbocycles. The molecular weight excluding hydrogens is 129 g/mol. The van der Waals surface area contributed by atoms with Gasteiger partial charge in [-0.05, 0) is 0 Å². The first-order chi connectivity index (χ1) is 3.46. The monoisotopic (exact) mass is 132 g/mol. The molecule has 0 aromatic heterocycles. The molecule has 0 aliphatic rings. The van der Waals surface area contributed by atoms with Crippen molar-refractivity contribution in [3.05, 3.63) is 0 Å². The van der Waals surface area contributed by atoms with Gasteiger partial charge in [-0.25, -0.2) is 4.79 Å². The van der Waals surface area contributed by atoms with Gasteiger partial charge in [0.2, 0.25) is 0 Å². The summed E-state index contributed by atoms with van der Waals surface area (Å²) in [6.45, 7) is 0. The normalized spacial score (nSPS) is 5.78. The first-order valence-electron chi connectivity index (χ1n) is 1.37. The Hall–Kier alpha value is -0.0577. The van der Waals surface area contributed by atoms with Gasteiger partial charge in [-0.15, -0.1) is 4.39 Å². The first-order valence-corrected chi connectivity index (χ1v) is 1.37. The number of carbonyl (C=O) groups is 1. The van der Waals surface area contributed by atoms with Crippen LogP contribution in [0.3, 0.4) is 0 Å². The Balaban J connectivity index is -0.0000000720. The Morgan fingerprint density at radius 2 is 1.56 bits per heavy atom. The summed E-state index contributed by atoms with van der Waals surface area (Å²) in [5.41, 5.74) is 0. The molecule has 5 nitrogen and oxygen atoms in total. The summed E-state index contributed by atoms with van der Waals surface area (Å²) in [7, 11) is -2.42. The Morgan fingerprint density at radius 1 is 1.56 bits per heavy atom. The van der Waals surface area contributed by atoms with Crippen molar-refractivity contribution in [3.8, 4) is 0 Å². The molecule has 0 amide bonds. The summed E-state index contributed by atoms with van der Waals surface area (Å²) in [5, 5.41) is 29.5. The molecule has 0 aromatic rings. The van der Waals surface area contributed by atoms with Gasteiger partial charge in [-0.3, -0.25) is 0 Å². The maximum Gasteiger partial charge on any atom is 1.00 e. The summed E-state index contributed by atoms with van der Waals surface area (Å²) >= 11 is 0. The van der Waals surface area contributed by atoms with Gasteiger partial charge in [-0.1, -0.05) is 0 Å². The maximum absolute atomic E-state index is 9.92. The predicted molar refractivity (Wildman–Crippen MR) is 19.3 cm³/mol. The standard InChI is InChI=1S/CHFO2.BH2O3.Li/c2*2-1(3)4;/h(H,3,4);2-3H;/q;-1;+1. The molecule has 0 aliphatic carbocycles. The van der Waals surface area contributed by atoms with E-state index in [2.05, 4.69) is 0 Å². The summed E-state index contributed by atoms with van der Waals surface area (Å²) in [6.07, 6.45) is -2.33. The molecule has 0 fully saturated rings. The van der Waals surface area contributed by atoms with Gasteiger partial charge in [0.15, 0.2) is 0 Å². The topological polar surface area (TPSA) is 101 Å². The summed E-state index contributed by atoms with van der Waals surface area (Å²) in [4.78, 5) is 8.33. The van der Waals surface area contributed by atoms with E-state index in [9.17, 15) is 4.39 Å². The maximum atomic E-state index is 9.92. The summed E-state index contributed by atoms with van der Waals surface area (Å²) < 4.78 is 9.92. The SMILES string of the molecule is O=C(O)F.[Li+].[O-]B(O)O. The van der Waals surface area contributed by atoms with Gasteiger partial charge in [-0.2, -0.15) is 0 Å². The van der Waals surface area contributed by atoms with Crippen LogP contribution >= 0.6 is 0 Å². The van der Waals surface area contributed by atoms with Gasteiger partial charge >= 0.3 is 32.4 Å². The fraction of sp³-hybridized carbons (Fsp3) is 0. The minimum atomic E-state index is -2.42. The van der Waals surface area contributed by atoms with Crippen LogP contribution in [0, 0.1) is 0 Å². The first kappa shape index (κ1) is 16.0. The van der Waals surface area contributed by atoms with Gasteiger partial charge in [0, 0.05) is 0 Å². The van der Waals surface area contributed by atoms with Gasteiger partial charge in [0.25, 0.3) is 0 Å². The molecule has 9 heavy (non-hydrogen) atoms. The van der Waals surface area contributed by atoms with Crippen molar-refractivity contribution >= 4 is 13.5 Å². The molecule has 0 bridgehead atoms. The van der Waals surface area contributed by atoms with Gasteiger partial charge in [0.05, 0.1) is 0 Å². The van der Waals surface area contributed by atoms with Crippen LogP contribution in [0.1, 0.15) is 0 Å². The van der Waals surface area contributed by atoms with Crippen LogP contribution in [0.5, 0.6) is 0 Å². The van der Waals surface area contributed by atoms with E-state index in [0.29, 0.717) is 0 Å². The van der Waals surface area contributed by atoms with Crippen molar-refractivity contribution in [3.63, 3.8) is 0 Å². The average molecular weight is 132 g/mol. The number of halogens is 1. The van der Waals surface area contributed by atoms with Crippen molar-refractivity contribution in [2.24, 2.45) is 0 Å². The van der Waals surface area contributed by atoms with Crippen molar-refractivity contribution in [2.75, 3.05) is 0 Å². The number of hydrogen-bond donors (Lipinski definition) is 3. The molecule has 0 atom stereocenters. The fourth-order valence-corrected chi connectivity index (χ4v) is 0. The average Bonchev–Trinajstić information content (AvgIpc) is 1.25. The Morgan fingerprint density at radius 3 is 1.56 bits per heavy atom. The molecule has 0 heterocycles. The summed E-state index contributed by atoms with van der Waals surface area (Å²) in [5.74, 6) is 0. The Kier molecular flexibility index (Phi) is 19.2. The van der Waals surface area contributed by atoms with Gasteiger partial charge < -0.3 is 20.2 Å². The van der Waals surface area contributed by atoms with E-state index in [0.717, 1.165) is 0 Å². The molecule has 0 radical (unpaired) electrons. The molecular formula is CH3BFLiO5. The second kappa shape index (κ2) is 10.8. The molecule has 0 aromatic carbocycles. The zero-order chi connectivity index (χ0) is 7.15. The molecule has 0 unspecified atom stereocenters. The van der Waals surface area contributed by atoms with Gasteiger partial charge in [0.1, 0.15) is 0 Å². The fourth-order valence-electron chi connectivity index (χ4n) is 0. The molecule has 0 spiro atoms. The minimum absolute atomic E-state index is 0. The molecule has 0 aliphatic heterocycles. The second-order valence-corrected chi connectivity index (χ2v) is 0.579. The van der Waals surface area contributed by atoms with E-state index in [-0.39, 0.29) is 18.9 Å². The van der Waals surface area contributed by atoms with E-state index in [1.54, 1.807) is 0 Å². The van der Waals surface area contributed by atoms with Crippen LogP contribution in [-0.2, 0) is 0 Å². The molecule has 3 N–H and O–H groups in total. The zero-order valence-electron chi connectivity index (χ0n) is 4.61. The second-order valence-electron chi connectivity index (χ2n) is 0.579. The number of hydrogen-bond acceptors (Lipinski definition) is 4. The largest absolute Gasteiger partial charge is 1.00 e. The molecule has 8 heteroatoms. The van der Waals surface area contributed by atoms with Crippen molar-refractivity contribution in [1.29, 1.82) is 0 Å². The third kappa shape index (κ3) is 84300. The van der Waals surface area contributed by atoms with Crippen LogP contribution in [0.15, 0.2) is 0 Å². The van der Waals surface area contributed by atoms with Crippen LogP contribution in [0.25, 0.3) is 0 Å². The van der Waals surface area contributed by atoms with E-state index in [1.807, 2.05) is 0 Å². The van der Waals surface area contributed by atoms with E-state index < -0.39 is 13.5 Å². The number of rotatable bonds is 0. The molecule has 0 rings (SSSR count). The van der Waals surface area contributed by atoms with Crippen LogP contribution < -0.4 is 23.9 Å². The zero-order valence-corrected chi connectivity index (χ0v) is 4.61. The van der Waals surface area contributed by atoms with Crippen molar-refractivity contribution in [2.45, 2.75) is 0 Å².